The van der Waals surface area contributed by atoms with Crippen LogP contribution in [0.1, 0.15) is 11.1 Å². The summed E-state index contributed by atoms with van der Waals surface area (Å²) in [6, 6.07) is 10.4. The van der Waals surface area contributed by atoms with Gasteiger partial charge in [-0.1, -0.05) is 18.2 Å². The lowest BCUT2D eigenvalue weighted by Gasteiger charge is -2.21. The van der Waals surface area contributed by atoms with Gasteiger partial charge in [-0.2, -0.15) is 0 Å². The van der Waals surface area contributed by atoms with Gasteiger partial charge in [0.25, 0.3) is 5.56 Å². The van der Waals surface area contributed by atoms with Crippen LogP contribution in [0.15, 0.2) is 72.2 Å². The molecule has 0 aliphatic rings. The van der Waals surface area contributed by atoms with E-state index in [1.165, 1.54) is 24.4 Å². The number of benzene rings is 2. The number of ether oxygens (including phenoxy) is 1. The van der Waals surface area contributed by atoms with E-state index in [0.29, 0.717) is 22.5 Å². The Kier molecular flexibility index (Phi) is 6.64. The minimum atomic E-state index is -4.85. The lowest BCUT2D eigenvalue weighted by Crippen LogP contribution is -2.28. The lowest BCUT2D eigenvalue weighted by atomic mass is 10.0. The zero-order valence-electron chi connectivity index (χ0n) is 20.1. The van der Waals surface area contributed by atoms with Crippen molar-refractivity contribution in [3.8, 4) is 22.8 Å². The first-order valence-electron chi connectivity index (χ1n) is 11.6. The zero-order chi connectivity index (χ0) is 26.9. The van der Waals surface area contributed by atoms with Gasteiger partial charge in [0.05, 0.1) is 35.7 Å². The SMILES string of the molecule is Cc1cc(-n2ccnc2)cc2[nH]c(-c3c(N[C@H](CO)Cc4ccccc4OC(F)(F)F)cc[nH]c3=O)nc12. The first kappa shape index (κ1) is 25.1. The highest BCUT2D eigenvalue weighted by atomic mass is 19.4. The molecule has 0 saturated heterocycles. The number of hydrogen-bond acceptors (Lipinski definition) is 6. The monoisotopic (exact) mass is 524 g/mol. The zero-order valence-corrected chi connectivity index (χ0v) is 20.1. The molecule has 0 spiro atoms. The Bertz CT molecular complexity index is 1630. The van der Waals surface area contributed by atoms with Gasteiger partial charge in [-0.25, -0.2) is 9.97 Å². The van der Waals surface area contributed by atoms with E-state index in [0.717, 1.165) is 11.3 Å². The van der Waals surface area contributed by atoms with Crippen molar-refractivity contribution in [2.45, 2.75) is 25.7 Å². The summed E-state index contributed by atoms with van der Waals surface area (Å²) >= 11 is 0. The summed E-state index contributed by atoms with van der Waals surface area (Å²) < 4.78 is 44.5. The predicted octanol–water partition coefficient (Wildman–Crippen LogP) is 4.33. The second-order valence-electron chi connectivity index (χ2n) is 8.69. The summed E-state index contributed by atoms with van der Waals surface area (Å²) in [5, 5.41) is 13.1. The molecular weight excluding hydrogens is 501 g/mol. The van der Waals surface area contributed by atoms with Gasteiger partial charge in [-0.15, -0.1) is 13.2 Å². The second-order valence-corrected chi connectivity index (χ2v) is 8.69. The number of hydrogen-bond donors (Lipinski definition) is 4. The number of alkyl halides is 3. The van der Waals surface area contributed by atoms with Gasteiger partial charge < -0.3 is 29.7 Å². The molecule has 5 aromatic rings. The molecule has 3 heterocycles. The van der Waals surface area contributed by atoms with Crippen molar-refractivity contribution in [2.75, 3.05) is 11.9 Å². The van der Waals surface area contributed by atoms with Gasteiger partial charge in [0.2, 0.25) is 0 Å². The molecular formula is C26H23F3N6O3. The molecule has 38 heavy (non-hydrogen) atoms. The molecule has 0 aliphatic carbocycles. The number of anilines is 1. The number of para-hydroxylation sites is 1. The van der Waals surface area contributed by atoms with Crippen LogP contribution in [0.25, 0.3) is 28.1 Å². The number of pyridine rings is 1. The molecule has 0 fully saturated rings. The summed E-state index contributed by atoms with van der Waals surface area (Å²) in [5.74, 6) is -0.0550. The molecule has 3 aromatic heterocycles. The highest BCUT2D eigenvalue weighted by Gasteiger charge is 2.32. The maximum Gasteiger partial charge on any atom is 0.573 e. The van der Waals surface area contributed by atoms with Crippen LogP contribution in [0.4, 0.5) is 18.9 Å². The van der Waals surface area contributed by atoms with E-state index in [1.54, 1.807) is 24.7 Å². The van der Waals surface area contributed by atoms with Gasteiger partial charge in [-0.3, -0.25) is 4.79 Å². The van der Waals surface area contributed by atoms with E-state index in [-0.39, 0.29) is 23.3 Å². The van der Waals surface area contributed by atoms with Crippen LogP contribution < -0.4 is 15.6 Å². The van der Waals surface area contributed by atoms with Crippen LogP contribution in [0.2, 0.25) is 0 Å². The van der Waals surface area contributed by atoms with Crippen molar-refractivity contribution >= 4 is 16.7 Å². The smallest absolute Gasteiger partial charge is 0.406 e. The molecule has 4 N–H and O–H groups in total. The number of nitrogens with one attached hydrogen (secondary N) is 3. The third kappa shape index (κ3) is 5.25. The van der Waals surface area contributed by atoms with E-state index >= 15 is 0 Å². The number of fused-ring (bicyclic) bond motifs is 1. The molecule has 0 unspecified atom stereocenters. The molecule has 0 radical (unpaired) electrons. The first-order valence-corrected chi connectivity index (χ1v) is 11.6. The van der Waals surface area contributed by atoms with Gasteiger partial charge in [0.15, 0.2) is 0 Å². The number of H-pyrrole nitrogens is 2. The van der Waals surface area contributed by atoms with Crippen molar-refractivity contribution < 1.29 is 23.0 Å². The average Bonchev–Trinajstić information content (AvgIpc) is 3.54. The van der Waals surface area contributed by atoms with Crippen LogP contribution in [-0.2, 0) is 6.42 Å². The third-order valence-corrected chi connectivity index (χ3v) is 6.01. The van der Waals surface area contributed by atoms with Gasteiger partial charge in [0, 0.05) is 24.3 Å². The molecule has 196 valence electrons. The van der Waals surface area contributed by atoms with E-state index in [9.17, 15) is 23.1 Å². The molecule has 5 rings (SSSR count). The number of aliphatic hydroxyl groups excluding tert-OH is 1. The molecule has 0 bridgehead atoms. The second kappa shape index (κ2) is 10.1. The minimum Gasteiger partial charge on any atom is -0.406 e. The summed E-state index contributed by atoms with van der Waals surface area (Å²) in [5.41, 5.74) is 3.49. The molecule has 1 atom stereocenters. The Labute approximate surface area is 214 Å². The van der Waals surface area contributed by atoms with Crippen LogP contribution in [-0.4, -0.2) is 48.6 Å². The summed E-state index contributed by atoms with van der Waals surface area (Å²) in [7, 11) is 0. The van der Waals surface area contributed by atoms with Crippen molar-refractivity contribution in [2.24, 2.45) is 0 Å². The van der Waals surface area contributed by atoms with Gasteiger partial charge >= 0.3 is 6.36 Å². The van der Waals surface area contributed by atoms with Crippen molar-refractivity contribution in [1.82, 2.24) is 24.5 Å². The first-order chi connectivity index (χ1) is 18.2. The van der Waals surface area contributed by atoms with Crippen LogP contribution >= 0.6 is 0 Å². The Morgan fingerprint density at radius 2 is 2.03 bits per heavy atom. The topological polar surface area (TPSA) is 121 Å². The van der Waals surface area contributed by atoms with E-state index in [1.807, 2.05) is 29.8 Å². The fourth-order valence-electron chi connectivity index (χ4n) is 4.33. The summed E-state index contributed by atoms with van der Waals surface area (Å²) in [4.78, 5) is 27.5. The Hall–Kier alpha value is -4.58. The fourth-order valence-corrected chi connectivity index (χ4v) is 4.33. The number of aryl methyl sites for hydroxylation is 1. The van der Waals surface area contributed by atoms with Crippen LogP contribution in [0.5, 0.6) is 5.75 Å². The Balaban J connectivity index is 1.48. The van der Waals surface area contributed by atoms with Gasteiger partial charge in [-0.05, 0) is 48.7 Å². The van der Waals surface area contributed by atoms with Crippen LogP contribution in [0, 0.1) is 6.92 Å². The van der Waals surface area contributed by atoms with Crippen LogP contribution in [0.3, 0.4) is 0 Å². The molecule has 0 aliphatic heterocycles. The molecule has 2 aromatic carbocycles. The van der Waals surface area contributed by atoms with Crippen molar-refractivity contribution in [3.63, 3.8) is 0 Å². The highest BCUT2D eigenvalue weighted by molar-refractivity contribution is 5.86. The fraction of sp³-hybridized carbons (Fsp3) is 0.192. The number of aromatic nitrogens is 5. The number of halogens is 3. The lowest BCUT2D eigenvalue weighted by molar-refractivity contribution is -0.274. The number of rotatable bonds is 8. The average molecular weight is 525 g/mol. The normalized spacial score (nSPS) is 12.6. The van der Waals surface area contributed by atoms with E-state index in [4.69, 9.17) is 0 Å². The molecule has 0 saturated carbocycles. The largest absolute Gasteiger partial charge is 0.573 e. The third-order valence-electron chi connectivity index (χ3n) is 6.01. The van der Waals surface area contributed by atoms with E-state index in [2.05, 4.69) is 30.0 Å². The summed E-state index contributed by atoms with van der Waals surface area (Å²) in [6.07, 6.45) is 1.75. The Morgan fingerprint density at radius 1 is 1.21 bits per heavy atom. The standard InChI is InChI=1S/C26H23F3N6O3/c1-15-10-18(35-9-8-30-14-35)12-20-23(15)34-24(33-20)22-19(6-7-31-25(22)37)32-17(13-36)11-16-4-2-3-5-21(16)38-26(27,28)29/h2-10,12,14,17,36H,11,13H2,1H3,(H,33,34)(H2,31,32,37)/t17-/m0/s1. The van der Waals surface area contributed by atoms with Crippen molar-refractivity contribution in [3.05, 3.63) is 88.9 Å². The number of imidazole rings is 2. The number of aromatic amines is 2. The summed E-state index contributed by atoms with van der Waals surface area (Å²) in [6.45, 7) is 1.49. The number of nitrogens with zero attached hydrogens (tertiary/aromatic N) is 3. The molecule has 0 amide bonds. The van der Waals surface area contributed by atoms with Crippen molar-refractivity contribution in [1.29, 1.82) is 0 Å². The maximum absolute atomic E-state index is 12.9. The van der Waals surface area contributed by atoms with E-state index < -0.39 is 24.6 Å². The Morgan fingerprint density at radius 3 is 2.76 bits per heavy atom. The minimum absolute atomic E-state index is 0.00248. The van der Waals surface area contributed by atoms with Gasteiger partial charge in [0.1, 0.15) is 17.1 Å². The maximum atomic E-state index is 12.9. The number of aliphatic hydroxyl groups is 1. The quantitative estimate of drug-likeness (QED) is 0.240. The predicted molar refractivity (Wildman–Crippen MR) is 135 cm³/mol. The highest BCUT2D eigenvalue weighted by Crippen LogP contribution is 2.30. The molecule has 12 heteroatoms. The molecule has 9 nitrogen and oxygen atoms in total.